The molecule has 0 N–H and O–H groups in total. The number of para-hydroxylation sites is 4. The lowest BCUT2D eigenvalue weighted by Crippen LogP contribution is -2.66. The van der Waals surface area contributed by atoms with Crippen molar-refractivity contribution in [2.24, 2.45) is 0 Å². The van der Waals surface area contributed by atoms with Crippen LogP contribution in [0.2, 0.25) is 13.1 Å². The number of benzene rings is 4. The largest absolute Gasteiger partial charge is 0.458 e. The Morgan fingerprint density at radius 1 is 0.677 bits per heavy atom. The summed E-state index contributed by atoms with van der Waals surface area (Å²) < 4.78 is 6.33. The normalized spacial score (nSPS) is 15.3. The molecule has 0 spiro atoms. The lowest BCUT2D eigenvalue weighted by molar-refractivity contribution is 0.487. The molecule has 0 unspecified atom stereocenters. The molecule has 2 heterocycles. The van der Waals surface area contributed by atoms with Gasteiger partial charge in [-0.2, -0.15) is 0 Å². The number of nitrogens with zero attached hydrogens (tertiary/aromatic N) is 1. The van der Waals surface area contributed by atoms with E-state index in [1.807, 2.05) is 0 Å². The maximum Gasteiger partial charge on any atom is 0.335 e. The summed E-state index contributed by atoms with van der Waals surface area (Å²) in [6, 6.07) is 32.8. The molecule has 0 radical (unpaired) electrons. The Bertz CT molecular complexity index is 1290. The van der Waals surface area contributed by atoms with E-state index in [9.17, 15) is 0 Å². The maximum atomic E-state index is 6.33. The van der Waals surface area contributed by atoms with Gasteiger partial charge in [0.1, 0.15) is 19.6 Å². The van der Waals surface area contributed by atoms with Gasteiger partial charge in [0.2, 0.25) is 0 Å². The lowest BCUT2D eigenvalue weighted by atomic mass is 9.47. The average molecular weight is 417 g/mol. The Kier molecular flexibility index (Phi) is 3.96. The van der Waals surface area contributed by atoms with Crippen LogP contribution in [-0.4, -0.2) is 14.9 Å². The number of hydrogen-bond donors (Lipinski definition) is 0. The number of anilines is 2. The quantitative estimate of drug-likeness (QED) is 0.431. The van der Waals surface area contributed by atoms with Gasteiger partial charge >= 0.3 is 6.85 Å². The number of hydrogen-bond acceptors (Lipinski definition) is 2. The van der Waals surface area contributed by atoms with Gasteiger partial charge in [0.15, 0.2) is 0 Å². The molecule has 0 aliphatic carbocycles. The molecule has 150 valence electrons. The molecule has 0 saturated carbocycles. The van der Waals surface area contributed by atoms with Gasteiger partial charge in [0.05, 0.1) is 0 Å². The zero-order valence-corrected chi connectivity index (χ0v) is 19.1. The summed E-state index contributed by atoms with van der Waals surface area (Å²) in [7, 11) is -1.82. The molecular weight excluding hydrogens is 393 g/mol. The summed E-state index contributed by atoms with van der Waals surface area (Å²) in [5.74, 6) is 1.89. The highest BCUT2D eigenvalue weighted by Gasteiger charge is 2.45. The number of rotatable bonds is 1. The molecule has 2 aliphatic heterocycles. The molecule has 6 rings (SSSR count). The predicted molar refractivity (Wildman–Crippen MR) is 134 cm³/mol. The lowest BCUT2D eigenvalue weighted by Gasteiger charge is -2.46. The van der Waals surface area contributed by atoms with Crippen molar-refractivity contribution in [2.45, 2.75) is 20.0 Å². The predicted octanol–water partition coefficient (Wildman–Crippen LogP) is 4.18. The van der Waals surface area contributed by atoms with Crippen molar-refractivity contribution in [3.8, 4) is 11.5 Å². The van der Waals surface area contributed by atoms with Crippen LogP contribution in [0, 0.1) is 6.92 Å². The molecule has 0 aromatic heterocycles. The van der Waals surface area contributed by atoms with E-state index < -0.39 is 8.07 Å². The van der Waals surface area contributed by atoms with E-state index in [2.05, 4.69) is 116 Å². The molecule has 2 nitrogen and oxygen atoms in total. The Morgan fingerprint density at radius 3 is 1.97 bits per heavy atom. The Balaban J connectivity index is 1.71. The van der Waals surface area contributed by atoms with Crippen LogP contribution in [0.25, 0.3) is 0 Å². The summed E-state index contributed by atoms with van der Waals surface area (Å²) in [6.07, 6.45) is 0. The summed E-state index contributed by atoms with van der Waals surface area (Å²) in [5.41, 5.74) is 6.46. The fraction of sp³-hybridized carbons (Fsp3) is 0.111. The molecule has 2 aliphatic rings. The van der Waals surface area contributed by atoms with Crippen LogP contribution in [0.3, 0.4) is 0 Å². The van der Waals surface area contributed by atoms with Crippen molar-refractivity contribution in [3.63, 3.8) is 0 Å². The second-order valence-corrected chi connectivity index (χ2v) is 13.4. The third-order valence-electron chi connectivity index (χ3n) is 6.89. The van der Waals surface area contributed by atoms with E-state index in [0.717, 1.165) is 11.5 Å². The minimum Gasteiger partial charge on any atom is -0.458 e. The molecule has 0 atom stereocenters. The van der Waals surface area contributed by atoms with E-state index in [-0.39, 0.29) is 6.85 Å². The molecular formula is C27H24BNOSi. The summed E-state index contributed by atoms with van der Waals surface area (Å²) >= 11 is 0. The van der Waals surface area contributed by atoms with E-state index in [1.165, 1.54) is 38.2 Å². The minimum absolute atomic E-state index is 0.0623. The highest BCUT2D eigenvalue weighted by molar-refractivity contribution is 7.04. The molecule has 0 fully saturated rings. The molecule has 4 aromatic carbocycles. The van der Waals surface area contributed by atoms with E-state index >= 15 is 0 Å². The second kappa shape index (κ2) is 6.63. The van der Waals surface area contributed by atoms with Crippen molar-refractivity contribution in [1.82, 2.24) is 0 Å². The zero-order valence-electron chi connectivity index (χ0n) is 18.1. The number of aryl methyl sites for hydroxylation is 1. The van der Waals surface area contributed by atoms with Gasteiger partial charge in [-0.1, -0.05) is 85.9 Å². The summed E-state index contributed by atoms with van der Waals surface area (Å²) in [6.45, 7) is 7.27. The Morgan fingerprint density at radius 2 is 1.26 bits per heavy atom. The van der Waals surface area contributed by atoms with Gasteiger partial charge in [-0.25, -0.2) is 0 Å². The summed E-state index contributed by atoms with van der Waals surface area (Å²) in [4.78, 5) is 2.58. The minimum atomic E-state index is -1.82. The fourth-order valence-electron chi connectivity index (χ4n) is 5.39. The zero-order chi connectivity index (χ0) is 21.2. The van der Waals surface area contributed by atoms with Crippen molar-refractivity contribution < 1.29 is 4.74 Å². The van der Waals surface area contributed by atoms with Crippen LogP contribution < -0.4 is 30.8 Å². The maximum absolute atomic E-state index is 6.33. The van der Waals surface area contributed by atoms with Crippen molar-refractivity contribution >= 4 is 47.6 Å². The van der Waals surface area contributed by atoms with Gasteiger partial charge < -0.3 is 9.55 Å². The Labute approximate surface area is 185 Å². The molecule has 31 heavy (non-hydrogen) atoms. The highest BCUT2D eigenvalue weighted by atomic mass is 28.3. The van der Waals surface area contributed by atoms with E-state index in [1.54, 1.807) is 0 Å². The van der Waals surface area contributed by atoms with Gasteiger partial charge in [-0.05, 0) is 52.0 Å². The van der Waals surface area contributed by atoms with Crippen LogP contribution in [0.5, 0.6) is 11.5 Å². The standard InChI is InChI=1S/C27H24BNOSi/c1-19-11-10-18-26-27(19)29(22-14-6-9-17-25(22)31(26,2)3)28-20-12-4-7-15-23(20)30-24-16-8-5-13-21(24)28/h4-18H,1-3H3. The first kappa shape index (κ1) is 18.5. The second-order valence-electron chi connectivity index (χ2n) is 9.06. The SMILES string of the molecule is Cc1cccc2c1N(B1c3ccccc3Oc3ccccc31)c1ccccc1[Si]2(C)C. The summed E-state index contributed by atoms with van der Waals surface area (Å²) in [5, 5.41) is 3.00. The van der Waals surface area contributed by atoms with Crippen LogP contribution in [-0.2, 0) is 0 Å². The number of ether oxygens (including phenoxy) is 1. The van der Waals surface area contributed by atoms with Crippen molar-refractivity contribution in [3.05, 3.63) is 96.6 Å². The van der Waals surface area contributed by atoms with Crippen LogP contribution in [0.4, 0.5) is 11.4 Å². The van der Waals surface area contributed by atoms with Crippen LogP contribution in [0.15, 0.2) is 91.0 Å². The Hall–Kier alpha value is -3.24. The van der Waals surface area contributed by atoms with Crippen molar-refractivity contribution in [2.75, 3.05) is 4.81 Å². The van der Waals surface area contributed by atoms with Gasteiger partial charge in [-0.15, -0.1) is 0 Å². The van der Waals surface area contributed by atoms with E-state index in [4.69, 9.17) is 4.74 Å². The first-order chi connectivity index (χ1) is 15.1. The molecule has 0 bridgehead atoms. The molecule has 0 amide bonds. The van der Waals surface area contributed by atoms with Crippen molar-refractivity contribution in [1.29, 1.82) is 0 Å². The fourth-order valence-corrected chi connectivity index (χ4v) is 8.46. The first-order valence-corrected chi connectivity index (χ1v) is 13.9. The molecule has 4 aromatic rings. The molecule has 4 heteroatoms. The third-order valence-corrected chi connectivity index (χ3v) is 10.4. The topological polar surface area (TPSA) is 12.5 Å². The average Bonchev–Trinajstić information content (AvgIpc) is 2.79. The van der Waals surface area contributed by atoms with Gasteiger partial charge in [-0.3, -0.25) is 0 Å². The number of fused-ring (bicyclic) bond motifs is 4. The van der Waals surface area contributed by atoms with Crippen LogP contribution in [0.1, 0.15) is 5.56 Å². The van der Waals surface area contributed by atoms with E-state index in [0.29, 0.717) is 0 Å². The highest BCUT2D eigenvalue weighted by Crippen LogP contribution is 2.37. The first-order valence-electron chi connectivity index (χ1n) is 10.9. The van der Waals surface area contributed by atoms with Gasteiger partial charge in [0, 0.05) is 11.4 Å². The van der Waals surface area contributed by atoms with Crippen LogP contribution >= 0.6 is 0 Å². The monoisotopic (exact) mass is 417 g/mol. The van der Waals surface area contributed by atoms with Gasteiger partial charge in [0.25, 0.3) is 0 Å². The molecule has 0 saturated heterocycles. The third kappa shape index (κ3) is 2.58. The smallest absolute Gasteiger partial charge is 0.335 e.